The third-order valence-corrected chi connectivity index (χ3v) is 6.68. The minimum Gasteiger partial charge on any atom is -0.441 e. The number of hydrogen-bond acceptors (Lipinski definition) is 5. The number of pyridine rings is 1. The van der Waals surface area contributed by atoms with Gasteiger partial charge in [-0.05, 0) is 61.4 Å². The highest BCUT2D eigenvalue weighted by Gasteiger charge is 2.51. The van der Waals surface area contributed by atoms with Gasteiger partial charge in [0.25, 0.3) is 0 Å². The fourth-order valence-electron chi connectivity index (χ4n) is 5.16. The van der Waals surface area contributed by atoms with Crippen LogP contribution in [0.5, 0.6) is 0 Å². The summed E-state index contributed by atoms with van der Waals surface area (Å²) in [5.41, 5.74) is 2.57. The van der Waals surface area contributed by atoms with Gasteiger partial charge in [0.15, 0.2) is 0 Å². The van der Waals surface area contributed by atoms with Crippen LogP contribution < -0.4 is 4.90 Å². The molecule has 3 aromatic rings. The summed E-state index contributed by atoms with van der Waals surface area (Å²) in [6.07, 6.45) is 6.73. The molecule has 0 N–H and O–H groups in total. The van der Waals surface area contributed by atoms with E-state index >= 15 is 0 Å². The van der Waals surface area contributed by atoms with Gasteiger partial charge in [-0.3, -0.25) is 4.90 Å². The molecule has 8 heteroatoms. The van der Waals surface area contributed by atoms with Crippen LogP contribution in [0.4, 0.5) is 10.5 Å². The third-order valence-electron chi connectivity index (χ3n) is 6.46. The van der Waals surface area contributed by atoms with Crippen molar-refractivity contribution in [3.63, 3.8) is 0 Å². The molecule has 158 valence electrons. The summed E-state index contributed by atoms with van der Waals surface area (Å²) in [4.78, 5) is 22.9. The Morgan fingerprint density at radius 2 is 2.13 bits per heavy atom. The lowest BCUT2D eigenvalue weighted by atomic mass is 9.68. The van der Waals surface area contributed by atoms with Crippen LogP contribution in [0, 0.1) is 16.7 Å². The number of fused-ring (bicyclic) bond motifs is 1. The van der Waals surface area contributed by atoms with E-state index < -0.39 is 5.60 Å². The number of hydrogen-bond donors (Lipinski definition) is 0. The number of carbonyl (C=O) groups excluding carboxylic acids is 1. The molecule has 0 unspecified atom stereocenters. The minimum absolute atomic E-state index is 0.0664. The van der Waals surface area contributed by atoms with E-state index in [1.807, 2.05) is 18.5 Å². The zero-order valence-corrected chi connectivity index (χ0v) is 18.0. The Bertz CT molecular complexity index is 1200. The second-order valence-electron chi connectivity index (χ2n) is 9.01. The van der Waals surface area contributed by atoms with Crippen molar-refractivity contribution >= 4 is 34.4 Å². The predicted molar refractivity (Wildman–Crippen MR) is 117 cm³/mol. The molecule has 3 heterocycles. The number of halogens is 1. The van der Waals surface area contributed by atoms with E-state index in [1.165, 1.54) is 0 Å². The van der Waals surface area contributed by atoms with Gasteiger partial charge in [-0.1, -0.05) is 18.5 Å². The molecule has 1 saturated heterocycles. The van der Waals surface area contributed by atoms with E-state index in [0.717, 1.165) is 43.3 Å². The molecule has 1 aromatic carbocycles. The second-order valence-corrected chi connectivity index (χ2v) is 9.39. The SMILES string of the molecule is C[C@]1(Cn2cnc3ccc(C#N)cc32)CCC[C@@]2(CN(c3ccc(Cl)nc3)C(=O)O2)C1. The van der Waals surface area contributed by atoms with Crippen LogP contribution in [-0.2, 0) is 11.3 Å². The molecule has 1 amide bonds. The zero-order valence-electron chi connectivity index (χ0n) is 17.2. The molecule has 2 fully saturated rings. The first-order chi connectivity index (χ1) is 14.9. The fraction of sp³-hybridized carbons (Fsp3) is 0.391. The average Bonchev–Trinajstić information content (AvgIpc) is 3.28. The third kappa shape index (κ3) is 3.61. The normalized spacial score (nSPS) is 25.7. The Labute approximate surface area is 185 Å². The van der Waals surface area contributed by atoms with Crippen molar-refractivity contribution in [2.24, 2.45) is 5.41 Å². The summed E-state index contributed by atoms with van der Waals surface area (Å²) in [5, 5.41) is 9.64. The number of nitrogens with zero attached hydrogens (tertiary/aromatic N) is 5. The molecule has 1 aliphatic heterocycles. The van der Waals surface area contributed by atoms with E-state index in [1.54, 1.807) is 29.3 Å². The van der Waals surface area contributed by atoms with Crippen molar-refractivity contribution in [2.75, 3.05) is 11.4 Å². The minimum atomic E-state index is -0.516. The lowest BCUT2D eigenvalue weighted by Crippen LogP contribution is -2.45. The molecule has 2 aromatic heterocycles. The summed E-state index contributed by atoms with van der Waals surface area (Å²) in [6, 6.07) is 11.2. The quantitative estimate of drug-likeness (QED) is 0.544. The number of imidazole rings is 1. The maximum absolute atomic E-state index is 12.7. The van der Waals surface area contributed by atoms with Gasteiger partial charge in [0.1, 0.15) is 10.8 Å². The first kappa shape index (κ1) is 19.8. The lowest BCUT2D eigenvalue weighted by Gasteiger charge is -2.43. The second kappa shape index (κ2) is 7.24. The Morgan fingerprint density at radius 1 is 1.26 bits per heavy atom. The van der Waals surface area contributed by atoms with Gasteiger partial charge in [0.05, 0.1) is 47.4 Å². The number of carbonyl (C=O) groups is 1. The average molecular weight is 436 g/mol. The van der Waals surface area contributed by atoms with Crippen LogP contribution in [0.3, 0.4) is 0 Å². The number of ether oxygens (including phenoxy) is 1. The van der Waals surface area contributed by atoms with E-state index in [4.69, 9.17) is 16.3 Å². The monoisotopic (exact) mass is 435 g/mol. The van der Waals surface area contributed by atoms with Crippen molar-refractivity contribution in [3.05, 3.63) is 53.6 Å². The van der Waals surface area contributed by atoms with E-state index in [-0.39, 0.29) is 11.5 Å². The van der Waals surface area contributed by atoms with Crippen molar-refractivity contribution < 1.29 is 9.53 Å². The fourth-order valence-corrected chi connectivity index (χ4v) is 5.27. The van der Waals surface area contributed by atoms with Crippen LogP contribution in [0.15, 0.2) is 42.9 Å². The Morgan fingerprint density at radius 3 is 2.90 bits per heavy atom. The Kier molecular flexibility index (Phi) is 4.63. The van der Waals surface area contributed by atoms with Gasteiger partial charge >= 0.3 is 6.09 Å². The number of amides is 1. The van der Waals surface area contributed by atoms with Crippen LogP contribution in [0.2, 0.25) is 5.15 Å². The topological polar surface area (TPSA) is 84.0 Å². The highest BCUT2D eigenvalue weighted by atomic mass is 35.5. The molecule has 2 atom stereocenters. The molecule has 7 nitrogen and oxygen atoms in total. The van der Waals surface area contributed by atoms with Gasteiger partial charge in [0.2, 0.25) is 0 Å². The summed E-state index contributed by atoms with van der Waals surface area (Å²) < 4.78 is 8.10. The highest BCUT2D eigenvalue weighted by Crippen LogP contribution is 2.48. The van der Waals surface area contributed by atoms with Crippen molar-refractivity contribution in [3.8, 4) is 6.07 Å². The van der Waals surface area contributed by atoms with Crippen molar-refractivity contribution in [1.82, 2.24) is 14.5 Å². The summed E-state index contributed by atoms with van der Waals surface area (Å²) in [6.45, 7) is 3.50. The van der Waals surface area contributed by atoms with E-state index in [2.05, 4.69) is 27.5 Å². The molecule has 1 saturated carbocycles. The molecule has 5 rings (SSSR count). The van der Waals surface area contributed by atoms with Gasteiger partial charge in [-0.2, -0.15) is 5.26 Å². The molecular weight excluding hydrogens is 414 g/mol. The maximum Gasteiger partial charge on any atom is 0.415 e. The molecule has 0 radical (unpaired) electrons. The zero-order chi connectivity index (χ0) is 21.6. The van der Waals surface area contributed by atoms with E-state index in [9.17, 15) is 10.1 Å². The smallest absolute Gasteiger partial charge is 0.415 e. The number of nitriles is 1. The molecule has 0 bridgehead atoms. The van der Waals surface area contributed by atoms with Gasteiger partial charge in [-0.15, -0.1) is 0 Å². The van der Waals surface area contributed by atoms with Crippen LogP contribution in [-0.4, -0.2) is 32.8 Å². The number of benzene rings is 1. The largest absolute Gasteiger partial charge is 0.441 e. The molecule has 1 spiro atoms. The maximum atomic E-state index is 12.7. The lowest BCUT2D eigenvalue weighted by molar-refractivity contribution is -0.0264. The number of aromatic nitrogens is 3. The molecule has 31 heavy (non-hydrogen) atoms. The van der Waals surface area contributed by atoms with Crippen LogP contribution in [0.1, 0.15) is 38.2 Å². The summed E-state index contributed by atoms with van der Waals surface area (Å²) in [7, 11) is 0. The Hall–Kier alpha value is -3.11. The van der Waals surface area contributed by atoms with Crippen molar-refractivity contribution in [2.45, 2.75) is 44.8 Å². The first-order valence-corrected chi connectivity index (χ1v) is 10.7. The van der Waals surface area contributed by atoms with Crippen LogP contribution >= 0.6 is 11.6 Å². The highest BCUT2D eigenvalue weighted by molar-refractivity contribution is 6.29. The standard InChI is InChI=1S/C23H22ClN5O2/c1-22(13-28-15-27-18-5-3-16(10-25)9-19(18)28)7-2-8-23(12-22)14-29(21(30)31-23)17-4-6-20(24)26-11-17/h3-6,9,11,15H,2,7-8,12-14H2,1H3/t22-,23-/m0/s1. The molecule has 1 aliphatic carbocycles. The number of rotatable bonds is 3. The van der Waals surface area contributed by atoms with Gasteiger partial charge < -0.3 is 9.30 Å². The number of anilines is 1. The molecule has 2 aliphatic rings. The van der Waals surface area contributed by atoms with Gasteiger partial charge in [0, 0.05) is 6.54 Å². The summed E-state index contributed by atoms with van der Waals surface area (Å²) in [5.74, 6) is 0. The van der Waals surface area contributed by atoms with Crippen molar-refractivity contribution in [1.29, 1.82) is 5.26 Å². The summed E-state index contributed by atoms with van der Waals surface area (Å²) >= 11 is 5.89. The predicted octanol–water partition coefficient (Wildman–Crippen LogP) is 4.93. The molecular formula is C23H22ClN5O2. The first-order valence-electron chi connectivity index (χ1n) is 10.4. The van der Waals surface area contributed by atoms with Crippen LogP contribution in [0.25, 0.3) is 11.0 Å². The Balaban J connectivity index is 1.39. The van der Waals surface area contributed by atoms with Gasteiger partial charge in [-0.25, -0.2) is 14.8 Å². The van der Waals surface area contributed by atoms with E-state index in [0.29, 0.717) is 22.9 Å².